The van der Waals surface area contributed by atoms with E-state index in [1.807, 2.05) is 6.92 Å². The summed E-state index contributed by atoms with van der Waals surface area (Å²) >= 11 is 5.84. The third-order valence-electron chi connectivity index (χ3n) is 2.77. The molecule has 2 N–H and O–H groups in total. The van der Waals surface area contributed by atoms with Gasteiger partial charge in [-0.1, -0.05) is 18.5 Å². The highest BCUT2D eigenvalue weighted by atomic mass is 35.5. The van der Waals surface area contributed by atoms with Crippen LogP contribution in [0.4, 0.5) is 5.69 Å². The molecule has 0 saturated carbocycles. The Kier molecular flexibility index (Phi) is 4.20. The van der Waals surface area contributed by atoms with Crippen LogP contribution >= 0.6 is 11.6 Å². The molecular weight excluding hydrogens is 278 g/mol. The fourth-order valence-electron chi connectivity index (χ4n) is 1.77. The van der Waals surface area contributed by atoms with Gasteiger partial charge in [0.1, 0.15) is 11.6 Å². The lowest BCUT2D eigenvalue weighted by Gasteiger charge is -2.10. The van der Waals surface area contributed by atoms with E-state index in [0.29, 0.717) is 28.5 Å². The number of anilines is 1. The van der Waals surface area contributed by atoms with Crippen LogP contribution in [0, 0.1) is 6.92 Å². The second-order valence-corrected chi connectivity index (χ2v) is 4.68. The van der Waals surface area contributed by atoms with Crippen molar-refractivity contribution in [3.63, 3.8) is 0 Å². The number of nitrogens with zero attached hydrogens (tertiary/aromatic N) is 2. The molecule has 0 atom stereocenters. The van der Waals surface area contributed by atoms with Gasteiger partial charge in [0.05, 0.1) is 16.9 Å². The molecule has 2 aromatic rings. The summed E-state index contributed by atoms with van der Waals surface area (Å²) < 4.78 is 0. The molecule has 6 heteroatoms. The Morgan fingerprint density at radius 1 is 1.45 bits per heavy atom. The third kappa shape index (κ3) is 3.05. The summed E-state index contributed by atoms with van der Waals surface area (Å²) in [6.07, 6.45) is 2.10. The van der Waals surface area contributed by atoms with E-state index >= 15 is 0 Å². The molecule has 1 heterocycles. The van der Waals surface area contributed by atoms with Crippen LogP contribution in [-0.2, 0) is 6.42 Å². The Bertz CT molecular complexity index is 659. The molecule has 0 aliphatic rings. The van der Waals surface area contributed by atoms with Crippen LogP contribution in [0.2, 0.25) is 5.02 Å². The number of nitrogens with one attached hydrogen (secondary N) is 1. The molecule has 104 valence electrons. The van der Waals surface area contributed by atoms with Crippen LogP contribution < -0.4 is 5.32 Å². The maximum absolute atomic E-state index is 12.2. The van der Waals surface area contributed by atoms with Gasteiger partial charge in [0.2, 0.25) is 0 Å². The average molecular weight is 292 g/mol. The van der Waals surface area contributed by atoms with Crippen molar-refractivity contribution < 1.29 is 9.90 Å². The Morgan fingerprint density at radius 3 is 2.90 bits per heavy atom. The summed E-state index contributed by atoms with van der Waals surface area (Å²) in [6, 6.07) is 4.44. The number of carbonyl (C=O) groups is 1. The van der Waals surface area contributed by atoms with Crippen LogP contribution in [0.5, 0.6) is 5.75 Å². The highest BCUT2D eigenvalue weighted by Crippen LogP contribution is 2.27. The normalized spacial score (nSPS) is 10.3. The number of hydrogen-bond donors (Lipinski definition) is 2. The molecule has 5 nitrogen and oxygen atoms in total. The zero-order chi connectivity index (χ0) is 14.7. The number of carbonyl (C=O) groups excluding carboxylic acids is 1. The maximum atomic E-state index is 12.2. The van der Waals surface area contributed by atoms with Crippen molar-refractivity contribution in [2.75, 3.05) is 5.32 Å². The van der Waals surface area contributed by atoms with Crippen molar-refractivity contribution >= 4 is 23.2 Å². The molecule has 0 spiro atoms. The number of aryl methyl sites for hydroxylation is 2. The highest BCUT2D eigenvalue weighted by molar-refractivity contribution is 6.31. The van der Waals surface area contributed by atoms with Crippen molar-refractivity contribution in [3.05, 3.63) is 46.5 Å². The number of halogens is 1. The van der Waals surface area contributed by atoms with E-state index in [2.05, 4.69) is 15.3 Å². The van der Waals surface area contributed by atoms with Crippen LogP contribution in [-0.4, -0.2) is 21.0 Å². The van der Waals surface area contributed by atoms with Crippen LogP contribution in [0.3, 0.4) is 0 Å². The molecule has 0 fully saturated rings. The van der Waals surface area contributed by atoms with E-state index in [1.165, 1.54) is 18.3 Å². The fraction of sp³-hybridized carbons (Fsp3) is 0.214. The Balaban J connectivity index is 2.30. The number of hydrogen-bond acceptors (Lipinski definition) is 4. The van der Waals surface area contributed by atoms with Crippen LogP contribution in [0.1, 0.15) is 28.8 Å². The van der Waals surface area contributed by atoms with E-state index in [4.69, 9.17) is 11.6 Å². The molecular formula is C14H14ClN3O2. The van der Waals surface area contributed by atoms with Gasteiger partial charge in [-0.25, -0.2) is 9.97 Å². The smallest absolute Gasteiger partial charge is 0.259 e. The van der Waals surface area contributed by atoms with Gasteiger partial charge in [0, 0.05) is 11.2 Å². The van der Waals surface area contributed by atoms with Crippen LogP contribution in [0.15, 0.2) is 24.4 Å². The summed E-state index contributed by atoms with van der Waals surface area (Å²) in [4.78, 5) is 20.5. The molecule has 0 bridgehead atoms. The first-order valence-corrected chi connectivity index (χ1v) is 6.51. The molecule has 20 heavy (non-hydrogen) atoms. The summed E-state index contributed by atoms with van der Waals surface area (Å²) in [5.74, 6) is 0.192. The number of aromatic nitrogens is 2. The monoisotopic (exact) mass is 291 g/mol. The van der Waals surface area contributed by atoms with Gasteiger partial charge in [0.15, 0.2) is 0 Å². The minimum Gasteiger partial charge on any atom is -0.506 e. The highest BCUT2D eigenvalue weighted by Gasteiger charge is 2.14. The summed E-state index contributed by atoms with van der Waals surface area (Å²) in [6.45, 7) is 3.68. The minimum absolute atomic E-state index is 0.0474. The molecule has 2 rings (SSSR count). The van der Waals surface area contributed by atoms with E-state index in [1.54, 1.807) is 13.0 Å². The number of rotatable bonds is 3. The first-order valence-electron chi connectivity index (χ1n) is 6.13. The third-order valence-corrected chi connectivity index (χ3v) is 3.01. The Hall–Kier alpha value is -2.14. The molecule has 1 aromatic heterocycles. The number of phenols is 1. The van der Waals surface area contributed by atoms with E-state index < -0.39 is 0 Å². The molecule has 0 aliphatic heterocycles. The molecule has 0 aliphatic carbocycles. The zero-order valence-corrected chi connectivity index (χ0v) is 11.9. The standard InChI is InChI=1S/C14H14ClN3O2/c1-3-11-10(7-16-8(2)17-11)14(20)18-12-6-9(15)4-5-13(12)19/h4-7,19H,3H2,1-2H3,(H,18,20). The van der Waals surface area contributed by atoms with Gasteiger partial charge in [-0.15, -0.1) is 0 Å². The molecule has 1 amide bonds. The predicted octanol–water partition coefficient (Wildman–Crippen LogP) is 2.96. The first-order chi connectivity index (χ1) is 9.51. The molecule has 0 saturated heterocycles. The summed E-state index contributed by atoms with van der Waals surface area (Å²) in [5.41, 5.74) is 1.30. The second-order valence-electron chi connectivity index (χ2n) is 4.25. The SMILES string of the molecule is CCc1nc(C)ncc1C(=O)Nc1cc(Cl)ccc1O. The second kappa shape index (κ2) is 5.88. The van der Waals surface area contributed by atoms with Gasteiger partial charge in [-0.05, 0) is 31.5 Å². The van der Waals surface area contributed by atoms with Crippen molar-refractivity contribution in [2.45, 2.75) is 20.3 Å². The summed E-state index contributed by atoms with van der Waals surface area (Å²) in [5, 5.41) is 12.7. The van der Waals surface area contributed by atoms with Crippen molar-refractivity contribution in [2.24, 2.45) is 0 Å². The maximum Gasteiger partial charge on any atom is 0.259 e. The first kappa shape index (κ1) is 14.3. The lowest BCUT2D eigenvalue weighted by molar-refractivity contribution is 0.102. The molecule has 0 unspecified atom stereocenters. The Labute approximate surface area is 121 Å². The number of phenolic OH excluding ortho intramolecular Hbond substituents is 1. The molecule has 0 radical (unpaired) electrons. The molecule has 1 aromatic carbocycles. The lowest BCUT2D eigenvalue weighted by atomic mass is 10.1. The number of aromatic hydroxyl groups is 1. The average Bonchev–Trinajstić information content (AvgIpc) is 2.42. The Morgan fingerprint density at radius 2 is 2.20 bits per heavy atom. The number of benzene rings is 1. The van der Waals surface area contributed by atoms with Gasteiger partial charge >= 0.3 is 0 Å². The largest absolute Gasteiger partial charge is 0.506 e. The van der Waals surface area contributed by atoms with E-state index in [-0.39, 0.29) is 17.3 Å². The van der Waals surface area contributed by atoms with Gasteiger partial charge < -0.3 is 10.4 Å². The van der Waals surface area contributed by atoms with Crippen molar-refractivity contribution in [1.82, 2.24) is 9.97 Å². The topological polar surface area (TPSA) is 75.1 Å². The fourth-order valence-corrected chi connectivity index (χ4v) is 1.95. The predicted molar refractivity (Wildman–Crippen MR) is 77.2 cm³/mol. The van der Waals surface area contributed by atoms with E-state index in [0.717, 1.165) is 0 Å². The quantitative estimate of drug-likeness (QED) is 0.853. The minimum atomic E-state index is -0.376. The zero-order valence-electron chi connectivity index (χ0n) is 11.1. The van der Waals surface area contributed by atoms with Crippen molar-refractivity contribution in [3.8, 4) is 5.75 Å². The number of amides is 1. The van der Waals surface area contributed by atoms with Crippen LogP contribution in [0.25, 0.3) is 0 Å². The van der Waals surface area contributed by atoms with Crippen molar-refractivity contribution in [1.29, 1.82) is 0 Å². The van der Waals surface area contributed by atoms with Gasteiger partial charge in [0.25, 0.3) is 5.91 Å². The van der Waals surface area contributed by atoms with Gasteiger partial charge in [-0.2, -0.15) is 0 Å². The summed E-state index contributed by atoms with van der Waals surface area (Å²) in [7, 11) is 0. The lowest BCUT2D eigenvalue weighted by Crippen LogP contribution is -2.16. The van der Waals surface area contributed by atoms with Gasteiger partial charge in [-0.3, -0.25) is 4.79 Å². The van der Waals surface area contributed by atoms with E-state index in [9.17, 15) is 9.90 Å².